The average Bonchev–Trinajstić information content (AvgIpc) is 2.03. The largest absolute Gasteiger partial charge is 0.465 e. The minimum Gasteiger partial charge on any atom is -0.465 e. The zero-order chi connectivity index (χ0) is 10.7. The van der Waals surface area contributed by atoms with E-state index in [-0.39, 0.29) is 13.2 Å². The van der Waals surface area contributed by atoms with Crippen molar-refractivity contribution in [1.29, 1.82) is 0 Å². The standard InChI is InChI=1S/C6H12O3.CH3NO2/c1-2-3-9-5-6(8)4-7;2-1(3)4/h2,6-8H,1,3-5H2;2H2,(H,3,4). The monoisotopic (exact) mass is 193 g/mol. The van der Waals surface area contributed by atoms with Crippen LogP contribution in [0.1, 0.15) is 0 Å². The number of ether oxygens (including phenoxy) is 1. The van der Waals surface area contributed by atoms with Gasteiger partial charge in [-0.05, 0) is 0 Å². The molecular weight excluding hydrogens is 178 g/mol. The molecule has 6 nitrogen and oxygen atoms in total. The second kappa shape index (κ2) is 10.9. The number of aliphatic hydroxyl groups excluding tert-OH is 2. The number of hydrogen-bond acceptors (Lipinski definition) is 4. The van der Waals surface area contributed by atoms with Gasteiger partial charge in [-0.2, -0.15) is 0 Å². The maximum atomic E-state index is 8.78. The van der Waals surface area contributed by atoms with Crippen molar-refractivity contribution in [2.24, 2.45) is 5.73 Å². The molecule has 0 spiro atoms. The average molecular weight is 193 g/mol. The van der Waals surface area contributed by atoms with Gasteiger partial charge < -0.3 is 25.8 Å². The van der Waals surface area contributed by atoms with Gasteiger partial charge in [-0.1, -0.05) is 6.08 Å². The molecule has 0 aromatic carbocycles. The lowest BCUT2D eigenvalue weighted by atomic mass is 10.4. The number of nitrogens with two attached hydrogens (primary N) is 1. The molecule has 0 rings (SSSR count). The van der Waals surface area contributed by atoms with E-state index in [0.29, 0.717) is 6.61 Å². The summed E-state index contributed by atoms with van der Waals surface area (Å²) in [4.78, 5) is 8.78. The number of carboxylic acid groups (broad SMARTS) is 1. The quantitative estimate of drug-likeness (QED) is 0.336. The highest BCUT2D eigenvalue weighted by Gasteiger charge is 1.98. The second-order valence-corrected chi connectivity index (χ2v) is 2.00. The van der Waals surface area contributed by atoms with E-state index in [2.05, 4.69) is 12.3 Å². The summed E-state index contributed by atoms with van der Waals surface area (Å²) in [5.41, 5.74) is 4.03. The van der Waals surface area contributed by atoms with E-state index in [1.165, 1.54) is 0 Å². The van der Waals surface area contributed by atoms with Crippen molar-refractivity contribution < 1.29 is 24.9 Å². The third-order valence-corrected chi connectivity index (χ3v) is 0.757. The van der Waals surface area contributed by atoms with Crippen LogP contribution in [0.15, 0.2) is 12.7 Å². The Hall–Kier alpha value is -1.11. The number of hydrogen-bond donors (Lipinski definition) is 4. The van der Waals surface area contributed by atoms with Crippen LogP contribution in [0.4, 0.5) is 4.79 Å². The minimum absolute atomic E-state index is 0.169. The second-order valence-electron chi connectivity index (χ2n) is 2.00. The van der Waals surface area contributed by atoms with Crippen molar-refractivity contribution in [3.8, 4) is 0 Å². The van der Waals surface area contributed by atoms with Crippen LogP contribution in [-0.4, -0.2) is 47.3 Å². The SMILES string of the molecule is C=CCOCC(O)CO.NC(=O)O. The Morgan fingerprint density at radius 3 is 2.46 bits per heavy atom. The van der Waals surface area contributed by atoms with Crippen molar-refractivity contribution in [1.82, 2.24) is 0 Å². The van der Waals surface area contributed by atoms with Gasteiger partial charge in [-0.25, -0.2) is 4.79 Å². The van der Waals surface area contributed by atoms with E-state index < -0.39 is 12.2 Å². The molecule has 0 saturated carbocycles. The highest BCUT2D eigenvalue weighted by molar-refractivity contribution is 5.61. The highest BCUT2D eigenvalue weighted by Crippen LogP contribution is 1.82. The Morgan fingerprint density at radius 2 is 2.15 bits per heavy atom. The molecule has 1 atom stereocenters. The molecule has 78 valence electrons. The Kier molecular flexibility index (Phi) is 12.1. The first-order valence-corrected chi connectivity index (χ1v) is 3.50. The first-order chi connectivity index (χ1) is 6.04. The topological polar surface area (TPSA) is 113 Å². The van der Waals surface area contributed by atoms with Gasteiger partial charge in [0.15, 0.2) is 0 Å². The van der Waals surface area contributed by atoms with E-state index in [4.69, 9.17) is 24.9 Å². The van der Waals surface area contributed by atoms with Gasteiger partial charge >= 0.3 is 6.09 Å². The third kappa shape index (κ3) is 24.8. The zero-order valence-corrected chi connectivity index (χ0v) is 7.22. The van der Waals surface area contributed by atoms with Gasteiger partial charge in [0.2, 0.25) is 0 Å². The molecule has 0 heterocycles. The summed E-state index contributed by atoms with van der Waals surface area (Å²) in [5.74, 6) is 0. The van der Waals surface area contributed by atoms with Crippen LogP contribution >= 0.6 is 0 Å². The number of rotatable bonds is 5. The molecular formula is C7H15NO5. The number of carbonyl (C=O) groups is 1. The lowest BCUT2D eigenvalue weighted by Gasteiger charge is -2.04. The minimum atomic E-state index is -1.33. The molecule has 0 aromatic rings. The lowest BCUT2D eigenvalue weighted by Crippen LogP contribution is -2.19. The molecule has 0 aliphatic heterocycles. The van der Waals surface area contributed by atoms with Crippen LogP contribution < -0.4 is 5.73 Å². The fourth-order valence-corrected chi connectivity index (χ4v) is 0.340. The fraction of sp³-hybridized carbons (Fsp3) is 0.571. The summed E-state index contributed by atoms with van der Waals surface area (Å²) in [6, 6.07) is 0. The molecule has 1 unspecified atom stereocenters. The van der Waals surface area contributed by atoms with Gasteiger partial charge in [0.1, 0.15) is 6.10 Å². The van der Waals surface area contributed by atoms with E-state index >= 15 is 0 Å². The van der Waals surface area contributed by atoms with Crippen LogP contribution in [0, 0.1) is 0 Å². The summed E-state index contributed by atoms with van der Waals surface area (Å²) < 4.78 is 4.81. The predicted octanol–water partition coefficient (Wildman–Crippen LogP) is -0.835. The van der Waals surface area contributed by atoms with E-state index in [1.807, 2.05) is 0 Å². The van der Waals surface area contributed by atoms with E-state index in [9.17, 15) is 0 Å². The molecule has 6 heteroatoms. The fourth-order valence-electron chi connectivity index (χ4n) is 0.340. The van der Waals surface area contributed by atoms with Crippen molar-refractivity contribution in [3.05, 3.63) is 12.7 Å². The van der Waals surface area contributed by atoms with Gasteiger partial charge in [0.05, 0.1) is 19.8 Å². The van der Waals surface area contributed by atoms with Crippen LogP contribution in [-0.2, 0) is 4.74 Å². The maximum absolute atomic E-state index is 8.78. The maximum Gasteiger partial charge on any atom is 0.402 e. The van der Waals surface area contributed by atoms with Crippen LogP contribution in [0.5, 0.6) is 0 Å². The van der Waals surface area contributed by atoms with Gasteiger partial charge in [0, 0.05) is 0 Å². The third-order valence-electron chi connectivity index (χ3n) is 0.757. The molecule has 0 aliphatic rings. The predicted molar refractivity (Wildman–Crippen MR) is 46.3 cm³/mol. The summed E-state index contributed by atoms with van der Waals surface area (Å²) in [7, 11) is 0. The molecule has 0 fully saturated rings. The number of amides is 1. The Labute approximate surface area is 76.2 Å². The Bertz CT molecular complexity index is 135. The van der Waals surface area contributed by atoms with Crippen molar-refractivity contribution in [2.45, 2.75) is 6.10 Å². The summed E-state index contributed by atoms with van der Waals surface area (Å²) in [6.45, 7) is 3.74. The van der Waals surface area contributed by atoms with Crippen LogP contribution in [0.25, 0.3) is 0 Å². The number of primary amides is 1. The first kappa shape index (κ1) is 14.4. The molecule has 0 saturated heterocycles. The van der Waals surface area contributed by atoms with E-state index in [0.717, 1.165) is 0 Å². The molecule has 0 aromatic heterocycles. The lowest BCUT2D eigenvalue weighted by molar-refractivity contribution is 0.0150. The normalized spacial score (nSPS) is 10.9. The summed E-state index contributed by atoms with van der Waals surface area (Å²) >= 11 is 0. The van der Waals surface area contributed by atoms with Gasteiger partial charge in [-0.3, -0.25) is 0 Å². The van der Waals surface area contributed by atoms with Gasteiger partial charge in [-0.15, -0.1) is 6.58 Å². The van der Waals surface area contributed by atoms with Gasteiger partial charge in [0.25, 0.3) is 0 Å². The smallest absolute Gasteiger partial charge is 0.402 e. The molecule has 0 aliphatic carbocycles. The van der Waals surface area contributed by atoms with Crippen LogP contribution in [0.2, 0.25) is 0 Å². The highest BCUT2D eigenvalue weighted by atomic mass is 16.5. The Balaban J connectivity index is 0. The molecule has 1 amide bonds. The summed E-state index contributed by atoms with van der Waals surface area (Å²) in [5, 5.41) is 24.1. The molecule has 0 radical (unpaired) electrons. The molecule has 13 heavy (non-hydrogen) atoms. The summed E-state index contributed by atoms with van der Waals surface area (Å²) in [6.07, 6.45) is -0.505. The van der Waals surface area contributed by atoms with E-state index in [1.54, 1.807) is 6.08 Å². The molecule has 5 N–H and O–H groups in total. The first-order valence-electron chi connectivity index (χ1n) is 3.50. The van der Waals surface area contributed by atoms with Crippen molar-refractivity contribution in [3.63, 3.8) is 0 Å². The zero-order valence-electron chi connectivity index (χ0n) is 7.22. The number of aliphatic hydroxyl groups is 2. The van der Waals surface area contributed by atoms with Crippen LogP contribution in [0.3, 0.4) is 0 Å². The van der Waals surface area contributed by atoms with Crippen molar-refractivity contribution >= 4 is 6.09 Å². The van der Waals surface area contributed by atoms with Crippen molar-refractivity contribution in [2.75, 3.05) is 19.8 Å². The molecule has 0 bridgehead atoms. The Morgan fingerprint density at radius 1 is 1.69 bits per heavy atom.